The predicted molar refractivity (Wildman–Crippen MR) is 124 cm³/mol. The van der Waals surface area contributed by atoms with Gasteiger partial charge in [-0.25, -0.2) is 0 Å². The van der Waals surface area contributed by atoms with Gasteiger partial charge in [0, 0.05) is 0 Å². The summed E-state index contributed by atoms with van der Waals surface area (Å²) in [6.45, 7) is 9.76. The minimum absolute atomic E-state index is 0.897. The van der Waals surface area contributed by atoms with Gasteiger partial charge in [0.2, 0.25) is 0 Å². The Balaban J connectivity index is 1.37. The fraction of sp³-hybridized carbons (Fsp3) is 1.00. The standard InChI is InChI=1S/C28H52/c1-5-7-23-10-14-25(15-11-23)27-18-19-28(22(4)20-27)26-16-12-24(13-17-26)9-6-8-21(2)3/h21-28H,5-20H2,1-4H3. The molecule has 0 N–H and O–H groups in total. The van der Waals surface area contributed by atoms with Crippen LogP contribution in [0.15, 0.2) is 0 Å². The highest BCUT2D eigenvalue weighted by molar-refractivity contribution is 4.88. The molecule has 0 spiro atoms. The lowest BCUT2D eigenvalue weighted by Crippen LogP contribution is -2.34. The average Bonchev–Trinajstić information content (AvgIpc) is 2.69. The molecule has 0 aromatic rings. The minimum atomic E-state index is 0.897. The molecule has 3 unspecified atom stereocenters. The zero-order chi connectivity index (χ0) is 19.9. The molecule has 0 heterocycles. The Morgan fingerprint density at radius 2 is 1.25 bits per heavy atom. The maximum Gasteiger partial charge on any atom is -0.0360 e. The van der Waals surface area contributed by atoms with Crippen molar-refractivity contribution in [1.82, 2.24) is 0 Å². The second kappa shape index (κ2) is 11.4. The number of hydrogen-bond acceptors (Lipinski definition) is 0. The van der Waals surface area contributed by atoms with Gasteiger partial charge < -0.3 is 0 Å². The Hall–Kier alpha value is 0. The highest BCUT2D eigenvalue weighted by Crippen LogP contribution is 2.48. The van der Waals surface area contributed by atoms with E-state index in [1.807, 2.05) is 0 Å². The molecule has 0 saturated heterocycles. The maximum absolute atomic E-state index is 2.63. The van der Waals surface area contributed by atoms with Gasteiger partial charge in [-0.2, -0.15) is 0 Å². The first-order chi connectivity index (χ1) is 13.6. The summed E-state index contributed by atoms with van der Waals surface area (Å²) >= 11 is 0. The van der Waals surface area contributed by atoms with Crippen molar-refractivity contribution < 1.29 is 0 Å². The van der Waals surface area contributed by atoms with Crippen molar-refractivity contribution in [2.24, 2.45) is 47.3 Å². The van der Waals surface area contributed by atoms with Crippen LogP contribution in [0.1, 0.15) is 130 Å². The van der Waals surface area contributed by atoms with Gasteiger partial charge in [0.15, 0.2) is 0 Å². The molecule has 3 fully saturated rings. The van der Waals surface area contributed by atoms with Crippen molar-refractivity contribution in [2.45, 2.75) is 130 Å². The van der Waals surface area contributed by atoms with Crippen molar-refractivity contribution in [1.29, 1.82) is 0 Å². The van der Waals surface area contributed by atoms with Gasteiger partial charge in [0.05, 0.1) is 0 Å². The predicted octanol–water partition coefficient (Wildman–Crippen LogP) is 9.28. The van der Waals surface area contributed by atoms with E-state index in [0.29, 0.717) is 0 Å². The topological polar surface area (TPSA) is 0 Å². The summed E-state index contributed by atoms with van der Waals surface area (Å²) in [5, 5.41) is 0. The Morgan fingerprint density at radius 1 is 0.679 bits per heavy atom. The lowest BCUT2D eigenvalue weighted by Gasteiger charge is -2.44. The van der Waals surface area contributed by atoms with E-state index in [1.165, 1.54) is 32.1 Å². The van der Waals surface area contributed by atoms with Gasteiger partial charge in [-0.05, 0) is 92.3 Å². The van der Waals surface area contributed by atoms with Crippen LogP contribution in [-0.4, -0.2) is 0 Å². The molecule has 3 saturated carbocycles. The third-order valence-electron chi connectivity index (χ3n) is 9.42. The van der Waals surface area contributed by atoms with Gasteiger partial charge in [0.25, 0.3) is 0 Å². The van der Waals surface area contributed by atoms with Crippen LogP contribution in [0.25, 0.3) is 0 Å². The summed E-state index contributed by atoms with van der Waals surface area (Å²) in [4.78, 5) is 0. The first-order valence-electron chi connectivity index (χ1n) is 13.6. The second-order valence-corrected chi connectivity index (χ2v) is 11.9. The Bertz CT molecular complexity index is 408. The van der Waals surface area contributed by atoms with Crippen LogP contribution >= 0.6 is 0 Å². The largest absolute Gasteiger partial charge is 0.0654 e. The molecule has 0 radical (unpaired) electrons. The van der Waals surface area contributed by atoms with E-state index < -0.39 is 0 Å². The summed E-state index contributed by atoms with van der Waals surface area (Å²) in [5.41, 5.74) is 0. The zero-order valence-corrected chi connectivity index (χ0v) is 19.9. The molecule has 0 aromatic heterocycles. The smallest absolute Gasteiger partial charge is 0.0360 e. The first-order valence-corrected chi connectivity index (χ1v) is 13.6. The van der Waals surface area contributed by atoms with Gasteiger partial charge in [0.1, 0.15) is 0 Å². The van der Waals surface area contributed by atoms with E-state index in [-0.39, 0.29) is 0 Å². The van der Waals surface area contributed by atoms with Crippen molar-refractivity contribution in [2.75, 3.05) is 0 Å². The number of hydrogen-bond donors (Lipinski definition) is 0. The molecule has 3 atom stereocenters. The summed E-state index contributed by atoms with van der Waals surface area (Å²) in [6.07, 6.45) is 24.5. The molecule has 3 aliphatic carbocycles. The van der Waals surface area contributed by atoms with Crippen LogP contribution in [0.4, 0.5) is 0 Å². The van der Waals surface area contributed by atoms with Crippen LogP contribution < -0.4 is 0 Å². The summed E-state index contributed by atoms with van der Waals surface area (Å²) in [6, 6.07) is 0. The summed E-state index contributed by atoms with van der Waals surface area (Å²) < 4.78 is 0. The van der Waals surface area contributed by atoms with Crippen LogP contribution in [-0.2, 0) is 0 Å². The molecule has 0 heteroatoms. The maximum atomic E-state index is 2.63. The quantitative estimate of drug-likeness (QED) is 0.388. The minimum Gasteiger partial charge on any atom is -0.0654 e. The molecule has 0 bridgehead atoms. The van der Waals surface area contributed by atoms with E-state index in [0.717, 1.165) is 47.3 Å². The van der Waals surface area contributed by atoms with Crippen molar-refractivity contribution in [3.63, 3.8) is 0 Å². The highest BCUT2D eigenvalue weighted by atomic mass is 14.4. The fourth-order valence-electron chi connectivity index (χ4n) is 7.67. The normalized spacial score (nSPS) is 40.0. The molecule has 0 aromatic carbocycles. The van der Waals surface area contributed by atoms with Crippen molar-refractivity contribution in [3.05, 3.63) is 0 Å². The third kappa shape index (κ3) is 6.50. The van der Waals surface area contributed by atoms with Gasteiger partial charge in [-0.1, -0.05) is 85.5 Å². The van der Waals surface area contributed by atoms with E-state index in [2.05, 4.69) is 27.7 Å². The van der Waals surface area contributed by atoms with E-state index in [9.17, 15) is 0 Å². The third-order valence-corrected chi connectivity index (χ3v) is 9.42. The molecule has 0 nitrogen and oxygen atoms in total. The van der Waals surface area contributed by atoms with Gasteiger partial charge in [-0.15, -0.1) is 0 Å². The van der Waals surface area contributed by atoms with Gasteiger partial charge >= 0.3 is 0 Å². The molecule has 0 aliphatic heterocycles. The molecule has 3 rings (SSSR count). The average molecular weight is 389 g/mol. The zero-order valence-electron chi connectivity index (χ0n) is 19.9. The lowest BCUT2D eigenvalue weighted by atomic mass is 9.61. The molecule has 28 heavy (non-hydrogen) atoms. The summed E-state index contributed by atoms with van der Waals surface area (Å²) in [5.74, 6) is 8.38. The van der Waals surface area contributed by atoms with Crippen LogP contribution in [0.3, 0.4) is 0 Å². The molecule has 3 aliphatic rings. The van der Waals surface area contributed by atoms with Crippen molar-refractivity contribution in [3.8, 4) is 0 Å². The van der Waals surface area contributed by atoms with Crippen LogP contribution in [0, 0.1) is 47.3 Å². The Labute approximate surface area is 178 Å². The molecular weight excluding hydrogens is 336 g/mol. The summed E-state index contributed by atoms with van der Waals surface area (Å²) in [7, 11) is 0. The van der Waals surface area contributed by atoms with Crippen molar-refractivity contribution >= 4 is 0 Å². The number of rotatable bonds is 8. The lowest BCUT2D eigenvalue weighted by molar-refractivity contribution is 0.0617. The van der Waals surface area contributed by atoms with Crippen LogP contribution in [0.5, 0.6) is 0 Å². The Morgan fingerprint density at radius 3 is 1.82 bits per heavy atom. The van der Waals surface area contributed by atoms with E-state index >= 15 is 0 Å². The highest BCUT2D eigenvalue weighted by Gasteiger charge is 2.37. The Kier molecular flexibility index (Phi) is 9.24. The van der Waals surface area contributed by atoms with E-state index in [4.69, 9.17) is 0 Å². The molecular formula is C28H52. The van der Waals surface area contributed by atoms with Gasteiger partial charge in [-0.3, -0.25) is 0 Å². The first kappa shape index (κ1) is 22.7. The van der Waals surface area contributed by atoms with E-state index in [1.54, 1.807) is 70.6 Å². The monoisotopic (exact) mass is 388 g/mol. The SMILES string of the molecule is CCCC1CCC(C2CCC(C3CCC(CCCC(C)C)CC3)C(C)C2)CC1. The fourth-order valence-corrected chi connectivity index (χ4v) is 7.67. The molecule has 0 amide bonds. The van der Waals surface area contributed by atoms with Crippen LogP contribution in [0.2, 0.25) is 0 Å². The molecule has 164 valence electrons. The second-order valence-electron chi connectivity index (χ2n) is 11.9.